The fourth-order valence-corrected chi connectivity index (χ4v) is 0.595. The van der Waals surface area contributed by atoms with Crippen molar-refractivity contribution < 1.29 is 23.5 Å². The number of halogens is 2. The van der Waals surface area contributed by atoms with E-state index in [1.54, 1.807) is 0 Å². The second-order valence-corrected chi connectivity index (χ2v) is 2.48. The van der Waals surface area contributed by atoms with E-state index in [9.17, 15) is 18.4 Å². The predicted molar refractivity (Wildman–Crippen MR) is 43.0 cm³/mol. The number of hydrogen-bond donors (Lipinski definition) is 4. The summed E-state index contributed by atoms with van der Waals surface area (Å²) in [4.78, 5) is 20.0. The molecule has 0 unspecified atom stereocenters. The number of alkyl halides is 2. The first-order valence-corrected chi connectivity index (χ1v) is 3.71. The standard InChI is InChI=1S/C6H11F2N3O3/c7-6(8,4(12)13)3-10-1-2-11-5(9)14/h10H,1-3H2,(H,12,13)(H3,9,11,14). The molecule has 0 aliphatic heterocycles. The van der Waals surface area contributed by atoms with E-state index in [0.29, 0.717) is 0 Å². The average molecular weight is 211 g/mol. The highest BCUT2D eigenvalue weighted by molar-refractivity contribution is 5.75. The number of urea groups is 1. The first-order chi connectivity index (χ1) is 6.36. The number of hydrogen-bond acceptors (Lipinski definition) is 3. The molecular weight excluding hydrogens is 200 g/mol. The molecule has 82 valence electrons. The molecule has 2 amide bonds. The fourth-order valence-electron chi connectivity index (χ4n) is 0.595. The molecule has 0 saturated carbocycles. The molecule has 0 radical (unpaired) electrons. The molecule has 0 aromatic heterocycles. The Morgan fingerprint density at radius 2 is 1.93 bits per heavy atom. The summed E-state index contributed by atoms with van der Waals surface area (Å²) in [6.07, 6.45) is 0. The Morgan fingerprint density at radius 3 is 2.36 bits per heavy atom. The van der Waals surface area contributed by atoms with Crippen molar-refractivity contribution in [2.24, 2.45) is 5.73 Å². The molecule has 8 heteroatoms. The molecule has 0 fully saturated rings. The van der Waals surface area contributed by atoms with Gasteiger partial charge >= 0.3 is 17.9 Å². The van der Waals surface area contributed by atoms with Crippen LogP contribution in [0.25, 0.3) is 0 Å². The van der Waals surface area contributed by atoms with E-state index in [2.05, 4.69) is 16.4 Å². The van der Waals surface area contributed by atoms with Crippen LogP contribution in [0, 0.1) is 0 Å². The number of aliphatic carboxylic acids is 1. The highest BCUT2D eigenvalue weighted by atomic mass is 19.3. The quantitative estimate of drug-likeness (QED) is 0.421. The summed E-state index contributed by atoms with van der Waals surface area (Å²) in [5.41, 5.74) is 4.69. The van der Waals surface area contributed by atoms with Crippen molar-refractivity contribution in [1.82, 2.24) is 10.6 Å². The van der Waals surface area contributed by atoms with Gasteiger partial charge in [0.1, 0.15) is 0 Å². The van der Waals surface area contributed by atoms with Gasteiger partial charge in [-0.1, -0.05) is 0 Å². The minimum atomic E-state index is -3.80. The second-order valence-electron chi connectivity index (χ2n) is 2.48. The van der Waals surface area contributed by atoms with Crippen LogP contribution in [-0.4, -0.2) is 42.7 Å². The van der Waals surface area contributed by atoms with Gasteiger partial charge < -0.3 is 21.5 Å². The van der Waals surface area contributed by atoms with Gasteiger partial charge in [0.25, 0.3) is 0 Å². The number of nitrogens with one attached hydrogen (secondary N) is 2. The van der Waals surface area contributed by atoms with E-state index >= 15 is 0 Å². The Hall–Kier alpha value is -1.44. The number of nitrogens with two attached hydrogens (primary N) is 1. The van der Waals surface area contributed by atoms with Gasteiger partial charge in [-0.2, -0.15) is 8.78 Å². The van der Waals surface area contributed by atoms with Crippen molar-refractivity contribution in [3.05, 3.63) is 0 Å². The molecule has 0 aliphatic carbocycles. The van der Waals surface area contributed by atoms with Crippen molar-refractivity contribution in [3.8, 4) is 0 Å². The van der Waals surface area contributed by atoms with Crippen molar-refractivity contribution >= 4 is 12.0 Å². The zero-order valence-corrected chi connectivity index (χ0v) is 7.22. The maximum absolute atomic E-state index is 12.4. The molecule has 6 nitrogen and oxygen atoms in total. The Balaban J connectivity index is 3.54. The smallest absolute Gasteiger partial charge is 0.375 e. The van der Waals surface area contributed by atoms with Gasteiger partial charge in [0, 0.05) is 13.1 Å². The number of carboxylic acids is 1. The maximum Gasteiger partial charge on any atom is 0.375 e. The number of carbonyl (C=O) groups excluding carboxylic acids is 1. The lowest BCUT2D eigenvalue weighted by atomic mass is 10.3. The van der Waals surface area contributed by atoms with Gasteiger partial charge in [0.15, 0.2) is 0 Å². The molecular formula is C6H11F2N3O3. The van der Waals surface area contributed by atoms with Gasteiger partial charge in [-0.3, -0.25) is 0 Å². The first kappa shape index (κ1) is 12.6. The number of carbonyl (C=O) groups is 2. The summed E-state index contributed by atoms with van der Waals surface area (Å²) in [6, 6.07) is -0.767. The second kappa shape index (κ2) is 5.32. The van der Waals surface area contributed by atoms with Crippen LogP contribution in [0.5, 0.6) is 0 Å². The first-order valence-electron chi connectivity index (χ1n) is 3.71. The maximum atomic E-state index is 12.4. The molecule has 0 aromatic carbocycles. The molecule has 0 atom stereocenters. The van der Waals surface area contributed by atoms with Crippen LogP contribution >= 0.6 is 0 Å². The van der Waals surface area contributed by atoms with E-state index in [0.717, 1.165) is 0 Å². The third-order valence-corrected chi connectivity index (χ3v) is 1.26. The third-order valence-electron chi connectivity index (χ3n) is 1.26. The van der Waals surface area contributed by atoms with E-state index in [4.69, 9.17) is 5.11 Å². The molecule has 0 bridgehead atoms. The molecule has 0 aliphatic rings. The van der Waals surface area contributed by atoms with Gasteiger partial charge in [-0.25, -0.2) is 9.59 Å². The summed E-state index contributed by atoms with van der Waals surface area (Å²) >= 11 is 0. The summed E-state index contributed by atoms with van der Waals surface area (Å²) in [5, 5.41) is 12.3. The van der Waals surface area contributed by atoms with Crippen molar-refractivity contribution in [1.29, 1.82) is 0 Å². The minimum absolute atomic E-state index is 0.0197. The van der Waals surface area contributed by atoms with Crippen molar-refractivity contribution in [2.45, 2.75) is 5.92 Å². The molecule has 0 spiro atoms. The highest BCUT2D eigenvalue weighted by Gasteiger charge is 2.37. The van der Waals surface area contributed by atoms with E-state index in [1.165, 1.54) is 0 Å². The van der Waals surface area contributed by atoms with Gasteiger partial charge in [0.2, 0.25) is 0 Å². The lowest BCUT2D eigenvalue weighted by molar-refractivity contribution is -0.163. The van der Waals surface area contributed by atoms with Crippen LogP contribution < -0.4 is 16.4 Å². The molecule has 0 aromatic rings. The van der Waals surface area contributed by atoms with Crippen LogP contribution in [0.4, 0.5) is 13.6 Å². The van der Waals surface area contributed by atoms with Crippen molar-refractivity contribution in [2.75, 3.05) is 19.6 Å². The van der Waals surface area contributed by atoms with Gasteiger partial charge in [-0.05, 0) is 0 Å². The number of amides is 2. The van der Waals surface area contributed by atoms with Gasteiger partial charge in [0.05, 0.1) is 6.54 Å². The lowest BCUT2D eigenvalue weighted by Gasteiger charge is -2.11. The Labute approximate surface area is 78.5 Å². The average Bonchev–Trinajstić information content (AvgIpc) is 2.02. The minimum Gasteiger partial charge on any atom is -0.477 e. The summed E-state index contributed by atoms with van der Waals surface area (Å²) in [7, 11) is 0. The largest absolute Gasteiger partial charge is 0.477 e. The Kier molecular flexibility index (Phi) is 4.78. The van der Waals surface area contributed by atoms with E-state index in [1.807, 2.05) is 0 Å². The predicted octanol–water partition coefficient (Wildman–Crippen LogP) is -1.04. The van der Waals surface area contributed by atoms with Crippen LogP contribution in [-0.2, 0) is 4.79 Å². The van der Waals surface area contributed by atoms with E-state index in [-0.39, 0.29) is 13.1 Å². The zero-order chi connectivity index (χ0) is 11.2. The zero-order valence-electron chi connectivity index (χ0n) is 7.22. The topological polar surface area (TPSA) is 104 Å². The summed E-state index contributed by atoms with van der Waals surface area (Å²) < 4.78 is 24.7. The molecule has 0 heterocycles. The SMILES string of the molecule is NC(=O)NCCNCC(F)(F)C(=O)O. The summed E-state index contributed by atoms with van der Waals surface area (Å²) in [6.45, 7) is -0.903. The number of rotatable bonds is 6. The van der Waals surface area contributed by atoms with E-state index < -0.39 is 24.5 Å². The number of primary amides is 1. The molecule has 14 heavy (non-hydrogen) atoms. The fraction of sp³-hybridized carbons (Fsp3) is 0.667. The van der Waals surface area contributed by atoms with Crippen molar-refractivity contribution in [3.63, 3.8) is 0 Å². The normalized spacial score (nSPS) is 11.0. The Morgan fingerprint density at radius 1 is 1.36 bits per heavy atom. The van der Waals surface area contributed by atoms with Crippen LogP contribution in [0.2, 0.25) is 0 Å². The molecule has 0 rings (SSSR count). The lowest BCUT2D eigenvalue weighted by Crippen LogP contribution is -2.43. The number of carboxylic acid groups (broad SMARTS) is 1. The van der Waals surface area contributed by atoms with Gasteiger partial charge in [-0.15, -0.1) is 0 Å². The van der Waals surface area contributed by atoms with Crippen LogP contribution in [0.3, 0.4) is 0 Å². The molecule has 0 saturated heterocycles. The third kappa shape index (κ3) is 5.25. The Bertz CT molecular complexity index is 222. The van der Waals surface area contributed by atoms with Crippen LogP contribution in [0.1, 0.15) is 0 Å². The monoisotopic (exact) mass is 211 g/mol. The highest BCUT2D eigenvalue weighted by Crippen LogP contribution is 2.10. The molecule has 5 N–H and O–H groups in total. The summed E-state index contributed by atoms with van der Waals surface area (Å²) in [5.74, 6) is -5.99. The van der Waals surface area contributed by atoms with Crippen LogP contribution in [0.15, 0.2) is 0 Å².